The van der Waals surface area contributed by atoms with Crippen LogP contribution in [0.1, 0.15) is 19.3 Å². The van der Waals surface area contributed by atoms with E-state index in [-0.39, 0.29) is 0 Å². The van der Waals surface area contributed by atoms with Gasteiger partial charge in [0.05, 0.1) is 12.1 Å². The summed E-state index contributed by atoms with van der Waals surface area (Å²) < 4.78 is 22.8. The molecule has 0 unspecified atom stereocenters. The topological polar surface area (TPSA) is 105 Å². The van der Waals surface area contributed by atoms with Gasteiger partial charge < -0.3 is 0 Å². The lowest BCUT2D eigenvalue weighted by Crippen LogP contribution is -1.74. The van der Waals surface area contributed by atoms with Crippen LogP contribution >= 0.6 is 0 Å². The van der Waals surface area contributed by atoms with E-state index in [9.17, 15) is 0 Å². The molecule has 0 aliphatic rings. The largest absolute Gasteiger partial charge is 0.299 e. The zero-order chi connectivity index (χ0) is 9.11. The average Bonchev–Trinajstić information content (AvgIpc) is 1.88. The second-order valence-electron chi connectivity index (χ2n) is 1.40. The van der Waals surface area contributed by atoms with Crippen molar-refractivity contribution in [2.24, 2.45) is 0 Å². The van der Waals surface area contributed by atoms with E-state index in [0.717, 1.165) is 0 Å². The summed E-state index contributed by atoms with van der Waals surface area (Å²) in [4.78, 5) is 0. The lowest BCUT2D eigenvalue weighted by Gasteiger charge is -1.75. The lowest BCUT2D eigenvalue weighted by atomic mass is 10.3. The highest BCUT2D eigenvalue weighted by molar-refractivity contribution is 7.73. The molecule has 0 aromatic rings. The minimum absolute atomic E-state index is 0.508. The third kappa shape index (κ3) is 48.4. The summed E-state index contributed by atoms with van der Waals surface area (Å²) in [5.74, 6) is 0. The van der Waals surface area contributed by atoms with Crippen molar-refractivity contribution in [3.8, 4) is 12.1 Å². The molecule has 0 aromatic heterocycles. The lowest BCUT2D eigenvalue weighted by molar-refractivity contribution is 0.454. The van der Waals surface area contributed by atoms with E-state index in [1.807, 2.05) is 12.1 Å². The monoisotopic (exact) mass is 176 g/mol. The van der Waals surface area contributed by atoms with E-state index in [4.69, 9.17) is 23.8 Å². The fraction of sp³-hybridized carbons (Fsp3) is 0.600. The third-order valence-corrected chi connectivity index (χ3v) is 0.577. The molecule has 5 nitrogen and oxygen atoms in total. The van der Waals surface area contributed by atoms with Gasteiger partial charge >= 0.3 is 0 Å². The molecule has 6 heteroatoms. The summed E-state index contributed by atoms with van der Waals surface area (Å²) in [6.07, 6.45) is 1.73. The quantitative estimate of drug-likeness (QED) is 0.480. The van der Waals surface area contributed by atoms with Crippen LogP contribution in [0, 0.1) is 22.7 Å². The molecule has 0 fully saturated rings. The van der Waals surface area contributed by atoms with Crippen LogP contribution in [0.5, 0.6) is 0 Å². The van der Waals surface area contributed by atoms with Crippen LogP contribution in [0.15, 0.2) is 0 Å². The number of nitrogens with zero attached hydrogens (tertiary/aromatic N) is 2. The first-order chi connectivity index (χ1) is 5.15. The van der Waals surface area contributed by atoms with Gasteiger partial charge in [0.15, 0.2) is 0 Å². The Hall–Kier alpha value is -0.950. The number of hydrogen-bond donors (Lipinski definition) is 2. The fourth-order valence-electron chi connectivity index (χ4n) is 0.247. The summed E-state index contributed by atoms with van der Waals surface area (Å²) in [5, 5.41) is 15.9. The van der Waals surface area contributed by atoms with Crippen molar-refractivity contribution in [1.82, 2.24) is 0 Å². The Kier molecular flexibility index (Phi) is 13.6. The maximum Gasteiger partial charge on any atom is 0.299 e. The second kappa shape index (κ2) is 11.8. The first-order valence-electron chi connectivity index (χ1n) is 2.69. The summed E-state index contributed by atoms with van der Waals surface area (Å²) in [7, 11) is 0. The Bertz CT molecular complexity index is 163. The molecule has 62 valence electrons. The van der Waals surface area contributed by atoms with Crippen molar-refractivity contribution in [2.75, 3.05) is 0 Å². The zero-order valence-electron chi connectivity index (χ0n) is 5.73. The zero-order valence-corrected chi connectivity index (χ0v) is 6.54. The molecule has 0 amide bonds. The van der Waals surface area contributed by atoms with Crippen LogP contribution in [0.25, 0.3) is 0 Å². The summed E-state index contributed by atoms with van der Waals surface area (Å²) >= 11 is -2.61. The first kappa shape index (κ1) is 12.7. The molecule has 11 heavy (non-hydrogen) atoms. The van der Waals surface area contributed by atoms with Crippen LogP contribution in [0.4, 0.5) is 0 Å². The highest BCUT2D eigenvalue weighted by atomic mass is 32.2. The molecule has 2 N–H and O–H groups in total. The maximum absolute atomic E-state index is 8.67. The smallest absolute Gasteiger partial charge is 0.284 e. The van der Waals surface area contributed by atoms with E-state index < -0.39 is 11.4 Å². The van der Waals surface area contributed by atoms with Crippen LogP contribution < -0.4 is 0 Å². The molecular formula is C5H8N2O3S. The fourth-order valence-corrected chi connectivity index (χ4v) is 0.247. The normalized spacial score (nSPS) is 7.36. The number of rotatable bonds is 2. The molecular weight excluding hydrogens is 168 g/mol. The predicted molar refractivity (Wildman–Crippen MR) is 38.5 cm³/mol. The Balaban J connectivity index is 0. The molecule has 0 rings (SSSR count). The Morgan fingerprint density at radius 1 is 1.18 bits per heavy atom. The number of unbranched alkanes of at least 4 members (excludes halogenated alkanes) is 2. The molecule has 0 saturated heterocycles. The first-order valence-corrected chi connectivity index (χ1v) is 3.75. The highest BCUT2D eigenvalue weighted by Crippen LogP contribution is 1.88. The molecule has 0 aromatic carbocycles. The van der Waals surface area contributed by atoms with Crippen LogP contribution in [-0.4, -0.2) is 13.3 Å². The van der Waals surface area contributed by atoms with E-state index >= 15 is 0 Å². The van der Waals surface area contributed by atoms with Crippen molar-refractivity contribution in [3.63, 3.8) is 0 Å². The molecule has 0 saturated carbocycles. The van der Waals surface area contributed by atoms with Gasteiger partial charge in [-0.3, -0.25) is 9.11 Å². The van der Waals surface area contributed by atoms with Crippen LogP contribution in [0.2, 0.25) is 0 Å². The van der Waals surface area contributed by atoms with Gasteiger partial charge in [0, 0.05) is 12.8 Å². The van der Waals surface area contributed by atoms with Crippen molar-refractivity contribution in [1.29, 1.82) is 10.5 Å². The number of hydrogen-bond acceptors (Lipinski definition) is 3. The van der Waals surface area contributed by atoms with Crippen molar-refractivity contribution in [2.45, 2.75) is 19.3 Å². The predicted octanol–water partition coefficient (Wildman–Crippen LogP) is 0.885. The van der Waals surface area contributed by atoms with Gasteiger partial charge in [0.2, 0.25) is 0 Å². The second-order valence-corrected chi connectivity index (χ2v) is 1.86. The minimum Gasteiger partial charge on any atom is -0.284 e. The van der Waals surface area contributed by atoms with Crippen molar-refractivity contribution >= 4 is 11.4 Å². The van der Waals surface area contributed by atoms with Gasteiger partial charge in [-0.15, -0.1) is 0 Å². The van der Waals surface area contributed by atoms with Gasteiger partial charge in [-0.2, -0.15) is 14.7 Å². The highest BCUT2D eigenvalue weighted by Gasteiger charge is 1.79. The molecule has 0 bridgehead atoms. The molecule has 0 heterocycles. The summed E-state index contributed by atoms with van der Waals surface area (Å²) in [6.45, 7) is 0. The Morgan fingerprint density at radius 3 is 1.64 bits per heavy atom. The standard InChI is InChI=1S/C5H6N2.H2O3S/c6-4-2-1-3-5-7;1-4(2)3/h1-3H2;(H2,1,2,3). The SMILES string of the molecule is N#CCCCC#N.O=S(O)O. The minimum atomic E-state index is -2.61. The molecule has 0 radical (unpaired) electrons. The summed E-state index contributed by atoms with van der Waals surface area (Å²) in [5.41, 5.74) is 0. The number of nitriles is 2. The van der Waals surface area contributed by atoms with Gasteiger partial charge in [-0.25, -0.2) is 0 Å². The van der Waals surface area contributed by atoms with Crippen molar-refractivity contribution < 1.29 is 13.3 Å². The molecule has 0 atom stereocenters. The third-order valence-electron chi connectivity index (χ3n) is 0.577. The average molecular weight is 176 g/mol. The van der Waals surface area contributed by atoms with E-state index in [1.54, 1.807) is 0 Å². The Labute approximate surface area is 67.4 Å². The molecule has 0 spiro atoms. The van der Waals surface area contributed by atoms with Gasteiger partial charge in [-0.05, 0) is 6.42 Å². The van der Waals surface area contributed by atoms with E-state index in [2.05, 4.69) is 0 Å². The van der Waals surface area contributed by atoms with Gasteiger partial charge in [0.25, 0.3) is 11.4 Å². The Morgan fingerprint density at radius 2 is 1.45 bits per heavy atom. The summed E-state index contributed by atoms with van der Waals surface area (Å²) in [6, 6.07) is 3.90. The maximum atomic E-state index is 8.67. The van der Waals surface area contributed by atoms with Crippen LogP contribution in [0.3, 0.4) is 0 Å². The van der Waals surface area contributed by atoms with Gasteiger partial charge in [-0.1, -0.05) is 0 Å². The van der Waals surface area contributed by atoms with Crippen LogP contribution in [-0.2, 0) is 11.4 Å². The van der Waals surface area contributed by atoms with Crippen molar-refractivity contribution in [3.05, 3.63) is 0 Å². The van der Waals surface area contributed by atoms with E-state index in [0.29, 0.717) is 19.3 Å². The van der Waals surface area contributed by atoms with Gasteiger partial charge in [0.1, 0.15) is 0 Å². The molecule has 0 aliphatic heterocycles. The van der Waals surface area contributed by atoms with E-state index in [1.165, 1.54) is 0 Å². The molecule has 0 aliphatic carbocycles.